The van der Waals surface area contributed by atoms with Gasteiger partial charge in [-0.3, -0.25) is 0 Å². The molecule has 108 valence electrons. The van der Waals surface area contributed by atoms with Crippen LogP contribution in [0.4, 0.5) is 0 Å². The Morgan fingerprint density at radius 1 is 1.20 bits per heavy atom. The Morgan fingerprint density at radius 3 is 2.45 bits per heavy atom. The zero-order valence-corrected chi connectivity index (χ0v) is 13.6. The highest BCUT2D eigenvalue weighted by molar-refractivity contribution is 7.90. The maximum Gasteiger partial charge on any atom is 0.270 e. The molecule has 20 heavy (non-hydrogen) atoms. The number of benzene rings is 1. The van der Waals surface area contributed by atoms with Crippen LogP contribution in [-0.4, -0.2) is 17.4 Å². The van der Waals surface area contributed by atoms with Crippen LogP contribution < -0.4 is 0 Å². The van der Waals surface area contributed by atoms with Crippen LogP contribution in [0.25, 0.3) is 0 Å². The van der Waals surface area contributed by atoms with Crippen molar-refractivity contribution in [2.75, 3.05) is 0 Å². The Bertz CT molecular complexity index is 767. The molecule has 0 aliphatic carbocycles. The minimum absolute atomic E-state index is 0.0353. The summed E-state index contributed by atoms with van der Waals surface area (Å²) in [4.78, 5) is 4.24. The van der Waals surface area contributed by atoms with Crippen LogP contribution in [0, 0.1) is 13.8 Å². The minimum atomic E-state index is -3.77. The van der Waals surface area contributed by atoms with Crippen molar-refractivity contribution >= 4 is 33.2 Å². The van der Waals surface area contributed by atoms with Gasteiger partial charge in [-0.15, -0.1) is 0 Å². The quantitative estimate of drug-likeness (QED) is 0.862. The molecule has 0 spiro atoms. The number of aryl methyl sites for hydroxylation is 3. The van der Waals surface area contributed by atoms with Gasteiger partial charge in [0.2, 0.25) is 0 Å². The van der Waals surface area contributed by atoms with E-state index in [1.54, 1.807) is 13.8 Å². The Hall–Kier alpha value is -1.04. The predicted molar refractivity (Wildman–Crippen MR) is 80.1 cm³/mol. The van der Waals surface area contributed by atoms with E-state index < -0.39 is 10.0 Å². The molecular weight excluding hydrogens is 319 g/mol. The van der Waals surface area contributed by atoms with E-state index in [0.717, 1.165) is 0 Å². The van der Waals surface area contributed by atoms with Crippen molar-refractivity contribution < 1.29 is 8.42 Å². The molecule has 0 fully saturated rings. The summed E-state index contributed by atoms with van der Waals surface area (Å²) in [7, 11) is -3.77. The highest BCUT2D eigenvalue weighted by Gasteiger charge is 2.24. The average molecular weight is 333 g/mol. The molecule has 0 bridgehead atoms. The largest absolute Gasteiger partial charge is 0.270 e. The van der Waals surface area contributed by atoms with E-state index in [2.05, 4.69) is 4.98 Å². The first-order valence-electron chi connectivity index (χ1n) is 6.03. The molecule has 0 radical (unpaired) electrons. The van der Waals surface area contributed by atoms with E-state index >= 15 is 0 Å². The lowest BCUT2D eigenvalue weighted by Gasteiger charge is -2.11. The maximum atomic E-state index is 12.7. The van der Waals surface area contributed by atoms with Gasteiger partial charge in [-0.05, 0) is 31.5 Å². The molecule has 2 rings (SSSR count). The summed E-state index contributed by atoms with van der Waals surface area (Å²) in [5.74, 6) is 0.478. The Morgan fingerprint density at radius 2 is 1.85 bits per heavy atom. The van der Waals surface area contributed by atoms with Crippen molar-refractivity contribution in [3.05, 3.63) is 45.5 Å². The lowest BCUT2D eigenvalue weighted by molar-refractivity contribution is 0.584. The smallest absolute Gasteiger partial charge is 0.238 e. The number of aromatic nitrogens is 2. The van der Waals surface area contributed by atoms with Gasteiger partial charge in [-0.1, -0.05) is 30.1 Å². The fourth-order valence-electron chi connectivity index (χ4n) is 1.90. The molecule has 1 heterocycles. The molecule has 0 saturated carbocycles. The molecule has 2 aromatic rings. The topological polar surface area (TPSA) is 52.0 Å². The summed E-state index contributed by atoms with van der Waals surface area (Å²) in [6.07, 6.45) is 2.01. The van der Waals surface area contributed by atoms with E-state index in [-0.39, 0.29) is 9.92 Å². The van der Waals surface area contributed by atoms with Crippen molar-refractivity contribution in [2.24, 2.45) is 0 Å². The van der Waals surface area contributed by atoms with E-state index in [9.17, 15) is 8.42 Å². The van der Waals surface area contributed by atoms with E-state index in [1.807, 2.05) is 6.92 Å². The molecule has 0 aliphatic rings. The Balaban J connectivity index is 2.70. The number of nitrogens with zero attached hydrogens (tertiary/aromatic N) is 2. The van der Waals surface area contributed by atoms with Gasteiger partial charge >= 0.3 is 0 Å². The van der Waals surface area contributed by atoms with E-state index in [0.29, 0.717) is 28.5 Å². The summed E-state index contributed by atoms with van der Waals surface area (Å²) in [5, 5.41) is 0.542. The third-order valence-electron chi connectivity index (χ3n) is 2.93. The number of hydrogen-bond acceptors (Lipinski definition) is 3. The molecule has 4 nitrogen and oxygen atoms in total. The van der Waals surface area contributed by atoms with Gasteiger partial charge in [0.1, 0.15) is 10.7 Å². The van der Waals surface area contributed by atoms with Gasteiger partial charge in [0.15, 0.2) is 0 Å². The third-order valence-corrected chi connectivity index (χ3v) is 5.49. The second-order valence-electron chi connectivity index (χ2n) is 4.48. The van der Waals surface area contributed by atoms with Gasteiger partial charge in [-0.2, -0.15) is 0 Å². The van der Waals surface area contributed by atoms with Gasteiger partial charge in [0, 0.05) is 17.6 Å². The average Bonchev–Trinajstić information content (AvgIpc) is 2.75. The summed E-state index contributed by atoms with van der Waals surface area (Å²) in [6.45, 7) is 5.33. The standard InChI is InChI=1S/C13H14Cl2N2O2S/c1-4-13-16-9(3)7-17(13)20(18,19)12-5-8(2)10(14)6-11(12)15/h5-7H,4H2,1-3H3. The Labute approximate surface area is 128 Å². The van der Waals surface area contributed by atoms with Crippen molar-refractivity contribution in [1.82, 2.24) is 8.96 Å². The van der Waals surface area contributed by atoms with Gasteiger partial charge in [0.25, 0.3) is 10.0 Å². The molecule has 1 aromatic heterocycles. The number of rotatable bonds is 3. The van der Waals surface area contributed by atoms with Gasteiger partial charge in [0.05, 0.1) is 10.7 Å². The van der Waals surface area contributed by atoms with Crippen molar-refractivity contribution in [1.29, 1.82) is 0 Å². The second-order valence-corrected chi connectivity index (χ2v) is 7.08. The molecule has 1 aromatic carbocycles. The highest BCUT2D eigenvalue weighted by atomic mass is 35.5. The minimum Gasteiger partial charge on any atom is -0.238 e. The zero-order chi connectivity index (χ0) is 15.1. The van der Waals surface area contributed by atoms with E-state index in [4.69, 9.17) is 23.2 Å². The lowest BCUT2D eigenvalue weighted by atomic mass is 10.2. The maximum absolute atomic E-state index is 12.7. The first-order chi connectivity index (χ1) is 9.27. The molecule has 0 atom stereocenters. The van der Waals surface area contributed by atoms with Crippen molar-refractivity contribution in [3.63, 3.8) is 0 Å². The fraction of sp³-hybridized carbons (Fsp3) is 0.308. The van der Waals surface area contributed by atoms with Crippen LogP contribution in [0.5, 0.6) is 0 Å². The number of hydrogen-bond donors (Lipinski definition) is 0. The number of imidazole rings is 1. The monoisotopic (exact) mass is 332 g/mol. The van der Waals surface area contributed by atoms with Crippen LogP contribution in [0.15, 0.2) is 23.2 Å². The molecule has 0 saturated heterocycles. The number of halogens is 2. The van der Waals surface area contributed by atoms with Crippen LogP contribution in [-0.2, 0) is 16.4 Å². The molecule has 0 amide bonds. The highest BCUT2D eigenvalue weighted by Crippen LogP contribution is 2.30. The first kappa shape index (κ1) is 15.4. The van der Waals surface area contributed by atoms with Gasteiger partial charge in [-0.25, -0.2) is 17.4 Å². The lowest BCUT2D eigenvalue weighted by Crippen LogP contribution is -2.15. The molecule has 0 N–H and O–H groups in total. The zero-order valence-electron chi connectivity index (χ0n) is 11.3. The normalized spacial score (nSPS) is 11.8. The first-order valence-corrected chi connectivity index (χ1v) is 8.23. The van der Waals surface area contributed by atoms with Crippen LogP contribution in [0.1, 0.15) is 24.0 Å². The van der Waals surface area contributed by atoms with Crippen LogP contribution >= 0.6 is 23.2 Å². The molecule has 7 heteroatoms. The Kier molecular flexibility index (Phi) is 4.14. The summed E-state index contributed by atoms with van der Waals surface area (Å²) in [6, 6.07) is 2.93. The van der Waals surface area contributed by atoms with Gasteiger partial charge < -0.3 is 0 Å². The second kappa shape index (κ2) is 5.39. The molecule has 0 aliphatic heterocycles. The molecular formula is C13H14Cl2N2O2S. The van der Waals surface area contributed by atoms with Crippen molar-refractivity contribution in [2.45, 2.75) is 32.1 Å². The summed E-state index contributed by atoms with van der Waals surface area (Å²) >= 11 is 12.0. The summed E-state index contributed by atoms with van der Waals surface area (Å²) < 4.78 is 26.6. The third kappa shape index (κ3) is 2.57. The van der Waals surface area contributed by atoms with E-state index in [1.165, 1.54) is 22.3 Å². The van der Waals surface area contributed by atoms with Crippen molar-refractivity contribution in [3.8, 4) is 0 Å². The SMILES string of the molecule is CCc1nc(C)cn1S(=O)(=O)c1cc(C)c(Cl)cc1Cl. The van der Waals surface area contributed by atoms with Crippen LogP contribution in [0.2, 0.25) is 10.0 Å². The fourth-order valence-corrected chi connectivity index (χ4v) is 4.16. The summed E-state index contributed by atoms with van der Waals surface area (Å²) in [5.41, 5.74) is 1.30. The predicted octanol–water partition coefficient (Wildman–Crippen LogP) is 3.61. The molecule has 0 unspecified atom stereocenters. The van der Waals surface area contributed by atoms with Crippen LogP contribution in [0.3, 0.4) is 0 Å².